The molecule has 0 atom stereocenters. The molecule has 0 fully saturated rings. The van der Waals surface area contributed by atoms with Crippen molar-refractivity contribution in [3.05, 3.63) is 59.3 Å². The molecule has 1 aromatic heterocycles. The number of carboxylic acids is 1. The molecule has 0 spiro atoms. The van der Waals surface area contributed by atoms with Gasteiger partial charge in [-0.2, -0.15) is 0 Å². The van der Waals surface area contributed by atoms with E-state index in [2.05, 4.69) is 10.3 Å². The number of carbonyl (C=O) groups is 3. The Morgan fingerprint density at radius 3 is 2.67 bits per heavy atom. The lowest BCUT2D eigenvalue weighted by molar-refractivity contribution is -0.138. The highest BCUT2D eigenvalue weighted by molar-refractivity contribution is 6.06. The van der Waals surface area contributed by atoms with E-state index in [-0.39, 0.29) is 30.1 Å². The Morgan fingerprint density at radius 1 is 1.19 bits per heavy atom. The number of hydrogen-bond donors (Lipinski definition) is 2. The summed E-state index contributed by atoms with van der Waals surface area (Å²) in [5.41, 5.74) is 1.97. The van der Waals surface area contributed by atoms with Gasteiger partial charge in [-0.25, -0.2) is 4.98 Å². The number of nitrogens with one attached hydrogen (secondary N) is 1. The third-order valence-electron chi connectivity index (χ3n) is 3.69. The number of aliphatic carboxylic acids is 1. The first-order valence-electron chi connectivity index (χ1n) is 8.25. The van der Waals surface area contributed by atoms with Crippen LogP contribution in [0, 0.1) is 6.92 Å². The first-order valence-corrected chi connectivity index (χ1v) is 8.25. The van der Waals surface area contributed by atoms with E-state index >= 15 is 0 Å². The lowest BCUT2D eigenvalue weighted by atomic mass is 10.1. The van der Waals surface area contributed by atoms with Crippen molar-refractivity contribution in [1.82, 2.24) is 4.98 Å². The summed E-state index contributed by atoms with van der Waals surface area (Å²) in [5.74, 6) is -0.927. The minimum Gasteiger partial charge on any atom is -0.496 e. The van der Waals surface area contributed by atoms with Crippen LogP contribution in [0.15, 0.2) is 42.5 Å². The number of amides is 1. The van der Waals surface area contributed by atoms with Gasteiger partial charge < -0.3 is 15.2 Å². The van der Waals surface area contributed by atoms with Crippen LogP contribution >= 0.6 is 0 Å². The van der Waals surface area contributed by atoms with E-state index in [9.17, 15) is 14.4 Å². The van der Waals surface area contributed by atoms with Crippen molar-refractivity contribution in [3.8, 4) is 5.75 Å². The summed E-state index contributed by atoms with van der Waals surface area (Å²) < 4.78 is 5.26. The molecule has 2 N–H and O–H groups in total. The van der Waals surface area contributed by atoms with Crippen LogP contribution in [-0.4, -0.2) is 34.9 Å². The molecule has 7 heteroatoms. The number of anilines is 1. The number of hydrogen-bond acceptors (Lipinski definition) is 5. The SMILES string of the molecule is COc1cc(/C=C/C(=O)c2cccc(NC(=O)CCC(=O)O)n2)ccc1C. The first-order chi connectivity index (χ1) is 12.9. The maximum absolute atomic E-state index is 12.3. The maximum atomic E-state index is 12.3. The van der Waals surface area contributed by atoms with E-state index in [1.54, 1.807) is 19.3 Å². The molecule has 0 radical (unpaired) electrons. The van der Waals surface area contributed by atoms with Crippen LogP contribution in [0.1, 0.15) is 34.5 Å². The van der Waals surface area contributed by atoms with Crippen LogP contribution in [0.3, 0.4) is 0 Å². The summed E-state index contributed by atoms with van der Waals surface area (Å²) in [6, 6.07) is 10.3. The van der Waals surface area contributed by atoms with Crippen molar-refractivity contribution in [2.45, 2.75) is 19.8 Å². The number of rotatable bonds is 8. The molecule has 0 unspecified atom stereocenters. The zero-order chi connectivity index (χ0) is 19.8. The van der Waals surface area contributed by atoms with Gasteiger partial charge in [0.15, 0.2) is 0 Å². The van der Waals surface area contributed by atoms with Crippen LogP contribution in [-0.2, 0) is 9.59 Å². The van der Waals surface area contributed by atoms with Gasteiger partial charge in [0, 0.05) is 6.42 Å². The molecular formula is C20H20N2O5. The average molecular weight is 368 g/mol. The third-order valence-corrected chi connectivity index (χ3v) is 3.69. The van der Waals surface area contributed by atoms with Gasteiger partial charge in [0.1, 0.15) is 17.3 Å². The number of allylic oxidation sites excluding steroid dienone is 1. The van der Waals surface area contributed by atoms with Crippen molar-refractivity contribution in [3.63, 3.8) is 0 Å². The molecule has 1 amide bonds. The van der Waals surface area contributed by atoms with E-state index in [1.807, 2.05) is 25.1 Å². The minimum atomic E-state index is -1.06. The van der Waals surface area contributed by atoms with Crippen molar-refractivity contribution >= 4 is 29.6 Å². The van der Waals surface area contributed by atoms with Gasteiger partial charge in [-0.05, 0) is 42.3 Å². The third kappa shape index (κ3) is 6.07. The Balaban J connectivity index is 2.06. The van der Waals surface area contributed by atoms with Gasteiger partial charge in [-0.15, -0.1) is 0 Å². The smallest absolute Gasteiger partial charge is 0.303 e. The van der Waals surface area contributed by atoms with Crippen LogP contribution in [0.25, 0.3) is 6.08 Å². The fraction of sp³-hybridized carbons (Fsp3) is 0.200. The average Bonchev–Trinajstić information content (AvgIpc) is 2.65. The second-order valence-corrected chi connectivity index (χ2v) is 5.78. The molecule has 27 heavy (non-hydrogen) atoms. The number of pyridine rings is 1. The summed E-state index contributed by atoms with van der Waals surface area (Å²) in [7, 11) is 1.58. The van der Waals surface area contributed by atoms with E-state index < -0.39 is 11.9 Å². The van der Waals surface area contributed by atoms with E-state index in [1.165, 1.54) is 18.2 Å². The van der Waals surface area contributed by atoms with Crippen molar-refractivity contribution in [1.29, 1.82) is 0 Å². The van der Waals surface area contributed by atoms with Gasteiger partial charge in [0.05, 0.1) is 13.5 Å². The largest absolute Gasteiger partial charge is 0.496 e. The Bertz CT molecular complexity index is 890. The van der Waals surface area contributed by atoms with Gasteiger partial charge in [0.25, 0.3) is 0 Å². The van der Waals surface area contributed by atoms with E-state index in [4.69, 9.17) is 9.84 Å². The van der Waals surface area contributed by atoms with Crippen LogP contribution in [0.5, 0.6) is 5.75 Å². The van der Waals surface area contributed by atoms with E-state index in [0.29, 0.717) is 0 Å². The molecule has 0 aliphatic carbocycles. The molecule has 0 aliphatic heterocycles. The lowest BCUT2D eigenvalue weighted by Crippen LogP contribution is -2.15. The first kappa shape index (κ1) is 19.8. The number of ether oxygens (including phenoxy) is 1. The number of carbonyl (C=O) groups excluding carboxylic acids is 2. The molecule has 2 aromatic rings. The van der Waals surface area contributed by atoms with Crippen molar-refractivity contribution in [2.75, 3.05) is 12.4 Å². The quantitative estimate of drug-likeness (QED) is 0.548. The standard InChI is InChI=1S/C20H20N2O5/c1-13-6-7-14(12-17(13)27-2)8-9-16(23)15-4-3-5-18(21-15)22-19(24)10-11-20(25)26/h3-9,12H,10-11H2,1-2H3,(H,25,26)(H,21,22,24)/b9-8+. The molecule has 0 saturated carbocycles. The molecular weight excluding hydrogens is 348 g/mol. The lowest BCUT2D eigenvalue weighted by Gasteiger charge is -2.05. The predicted molar refractivity (Wildman–Crippen MR) is 101 cm³/mol. The number of carboxylic acid groups (broad SMARTS) is 1. The number of aryl methyl sites for hydroxylation is 1. The molecule has 0 saturated heterocycles. The Kier molecular flexibility index (Phi) is 6.82. The maximum Gasteiger partial charge on any atom is 0.303 e. The number of nitrogens with zero attached hydrogens (tertiary/aromatic N) is 1. The summed E-state index contributed by atoms with van der Waals surface area (Å²) >= 11 is 0. The highest BCUT2D eigenvalue weighted by atomic mass is 16.5. The van der Waals surface area contributed by atoms with Crippen LogP contribution < -0.4 is 10.1 Å². The van der Waals surface area contributed by atoms with Crippen molar-refractivity contribution in [2.24, 2.45) is 0 Å². The summed E-state index contributed by atoms with van der Waals surface area (Å²) in [6.07, 6.45) is 2.62. The highest BCUT2D eigenvalue weighted by Crippen LogP contribution is 2.20. The van der Waals surface area contributed by atoms with Gasteiger partial charge in [-0.3, -0.25) is 14.4 Å². The monoisotopic (exact) mass is 368 g/mol. The molecule has 0 aliphatic rings. The number of aromatic nitrogens is 1. The topological polar surface area (TPSA) is 106 Å². The fourth-order valence-corrected chi connectivity index (χ4v) is 2.26. The Labute approximate surface area is 156 Å². The number of methoxy groups -OCH3 is 1. The molecule has 2 rings (SSSR count). The Hall–Kier alpha value is -3.48. The van der Waals surface area contributed by atoms with Gasteiger partial charge in [0.2, 0.25) is 11.7 Å². The Morgan fingerprint density at radius 2 is 1.96 bits per heavy atom. The minimum absolute atomic E-state index is 0.162. The molecule has 7 nitrogen and oxygen atoms in total. The summed E-state index contributed by atoms with van der Waals surface area (Å²) in [5, 5.41) is 11.1. The number of ketones is 1. The molecule has 140 valence electrons. The van der Waals surface area contributed by atoms with Crippen molar-refractivity contribution < 1.29 is 24.2 Å². The van der Waals surface area contributed by atoms with Crippen LogP contribution in [0.2, 0.25) is 0 Å². The highest BCUT2D eigenvalue weighted by Gasteiger charge is 2.09. The second kappa shape index (κ2) is 9.28. The molecule has 0 bridgehead atoms. The normalized spacial score (nSPS) is 10.6. The predicted octanol–water partition coefficient (Wildman–Crippen LogP) is 3.10. The summed E-state index contributed by atoms with van der Waals surface area (Å²) in [6.45, 7) is 1.93. The van der Waals surface area contributed by atoms with Gasteiger partial charge in [-0.1, -0.05) is 24.3 Å². The molecule has 1 aromatic carbocycles. The van der Waals surface area contributed by atoms with E-state index in [0.717, 1.165) is 16.9 Å². The fourth-order valence-electron chi connectivity index (χ4n) is 2.26. The zero-order valence-corrected chi connectivity index (χ0v) is 15.1. The second-order valence-electron chi connectivity index (χ2n) is 5.78. The number of benzene rings is 1. The van der Waals surface area contributed by atoms with Gasteiger partial charge >= 0.3 is 5.97 Å². The molecule has 1 heterocycles. The zero-order valence-electron chi connectivity index (χ0n) is 15.1. The van der Waals surface area contributed by atoms with Crippen LogP contribution in [0.4, 0.5) is 5.82 Å². The summed E-state index contributed by atoms with van der Waals surface area (Å²) in [4.78, 5) is 38.6.